The number of ether oxygens (including phenoxy) is 1. The first-order chi connectivity index (χ1) is 11.2. The summed E-state index contributed by atoms with van der Waals surface area (Å²) in [7, 11) is 3.79. The molecule has 0 unspecified atom stereocenters. The van der Waals surface area contributed by atoms with Crippen molar-refractivity contribution < 1.29 is 4.74 Å². The first kappa shape index (κ1) is 15.8. The number of nitrogens with one attached hydrogen (secondary N) is 1. The zero-order chi connectivity index (χ0) is 16.2. The van der Waals surface area contributed by atoms with E-state index in [4.69, 9.17) is 16.3 Å². The third-order valence-corrected chi connectivity index (χ3v) is 3.88. The van der Waals surface area contributed by atoms with Gasteiger partial charge >= 0.3 is 0 Å². The topological polar surface area (TPSA) is 66.4 Å². The number of rotatable bonds is 4. The van der Waals surface area contributed by atoms with Crippen LogP contribution in [0.3, 0.4) is 0 Å². The molecule has 0 amide bonds. The van der Waals surface area contributed by atoms with E-state index in [2.05, 4.69) is 25.2 Å². The molecule has 8 heteroatoms. The van der Waals surface area contributed by atoms with Crippen molar-refractivity contribution in [2.24, 2.45) is 0 Å². The summed E-state index contributed by atoms with van der Waals surface area (Å²) < 4.78 is 5.36. The number of nitrogens with zero attached hydrogens (tertiary/aromatic N) is 5. The fourth-order valence-corrected chi connectivity index (χ4v) is 2.62. The minimum Gasteiger partial charge on any atom is -0.386 e. The number of para-hydroxylation sites is 2. The van der Waals surface area contributed by atoms with Gasteiger partial charge in [-0.3, -0.25) is 0 Å². The number of aromatic nitrogens is 3. The Hall–Kier alpha value is -2.12. The standard InChI is InChI=1S/C15H19ClN6O/c1-17-11-5-3-4-6-12(11)21(2)14-18-13(16)19-15(20-14)22-7-9-23-10-8-22/h3-6,17H,7-10H2,1-2H3. The molecule has 0 radical (unpaired) electrons. The summed E-state index contributed by atoms with van der Waals surface area (Å²) in [5.74, 6) is 1.09. The number of hydrogen-bond donors (Lipinski definition) is 1. The van der Waals surface area contributed by atoms with Crippen LogP contribution < -0.4 is 15.1 Å². The maximum Gasteiger partial charge on any atom is 0.235 e. The van der Waals surface area contributed by atoms with Gasteiger partial charge in [-0.25, -0.2) is 0 Å². The number of hydrogen-bond acceptors (Lipinski definition) is 7. The van der Waals surface area contributed by atoms with Crippen LogP contribution in [0.25, 0.3) is 0 Å². The van der Waals surface area contributed by atoms with Crippen molar-refractivity contribution in [2.75, 3.05) is 55.5 Å². The largest absolute Gasteiger partial charge is 0.386 e. The molecule has 0 aliphatic carbocycles. The number of halogens is 1. The Bertz CT molecular complexity index is 677. The Morgan fingerprint density at radius 2 is 1.91 bits per heavy atom. The molecule has 1 aromatic heterocycles. The molecule has 1 fully saturated rings. The van der Waals surface area contributed by atoms with Crippen molar-refractivity contribution in [3.05, 3.63) is 29.5 Å². The van der Waals surface area contributed by atoms with Crippen LogP contribution in [0.2, 0.25) is 5.28 Å². The van der Waals surface area contributed by atoms with Gasteiger partial charge in [-0.15, -0.1) is 0 Å². The number of benzene rings is 1. The molecule has 0 saturated carbocycles. The summed E-state index contributed by atoms with van der Waals surface area (Å²) in [5, 5.41) is 3.35. The summed E-state index contributed by atoms with van der Waals surface area (Å²) in [6.45, 7) is 2.82. The van der Waals surface area contributed by atoms with Crippen molar-refractivity contribution in [1.29, 1.82) is 0 Å². The van der Waals surface area contributed by atoms with Crippen LogP contribution in [0.4, 0.5) is 23.3 Å². The molecule has 7 nitrogen and oxygen atoms in total. The lowest BCUT2D eigenvalue weighted by Crippen LogP contribution is -2.37. The van der Waals surface area contributed by atoms with Crippen molar-refractivity contribution in [3.8, 4) is 0 Å². The predicted octanol–water partition coefficient (Wildman–Crippen LogP) is 2.17. The SMILES string of the molecule is CNc1ccccc1N(C)c1nc(Cl)nc(N2CCOCC2)n1. The zero-order valence-corrected chi connectivity index (χ0v) is 13.9. The molecule has 0 atom stereocenters. The summed E-state index contributed by atoms with van der Waals surface area (Å²) in [6, 6.07) is 7.94. The van der Waals surface area contributed by atoms with E-state index in [-0.39, 0.29) is 5.28 Å². The minimum atomic E-state index is 0.185. The van der Waals surface area contributed by atoms with E-state index in [9.17, 15) is 0 Å². The lowest BCUT2D eigenvalue weighted by Gasteiger charge is -2.27. The van der Waals surface area contributed by atoms with Crippen LogP contribution in [0.1, 0.15) is 0 Å². The van der Waals surface area contributed by atoms with Gasteiger partial charge in [0.2, 0.25) is 17.2 Å². The van der Waals surface area contributed by atoms with Crippen molar-refractivity contribution in [3.63, 3.8) is 0 Å². The highest BCUT2D eigenvalue weighted by Crippen LogP contribution is 2.29. The fourth-order valence-electron chi connectivity index (χ4n) is 2.47. The normalized spacial score (nSPS) is 14.7. The molecule has 1 N–H and O–H groups in total. The quantitative estimate of drug-likeness (QED) is 0.919. The summed E-state index contributed by atoms with van der Waals surface area (Å²) >= 11 is 6.11. The van der Waals surface area contributed by atoms with Crippen molar-refractivity contribution >= 4 is 34.9 Å². The highest BCUT2D eigenvalue weighted by molar-refractivity contribution is 6.28. The van der Waals surface area contributed by atoms with Gasteiger partial charge in [-0.2, -0.15) is 15.0 Å². The monoisotopic (exact) mass is 334 g/mol. The average Bonchev–Trinajstić information content (AvgIpc) is 2.61. The molecule has 122 valence electrons. The predicted molar refractivity (Wildman–Crippen MR) is 91.9 cm³/mol. The third kappa shape index (κ3) is 3.46. The Morgan fingerprint density at radius 1 is 1.17 bits per heavy atom. The van der Waals surface area contributed by atoms with E-state index < -0.39 is 0 Å². The molecule has 1 aliphatic heterocycles. The zero-order valence-electron chi connectivity index (χ0n) is 13.2. The smallest absolute Gasteiger partial charge is 0.235 e. The second-order valence-electron chi connectivity index (χ2n) is 5.13. The van der Waals surface area contributed by atoms with Gasteiger partial charge in [-0.05, 0) is 23.7 Å². The molecule has 1 aliphatic rings. The van der Waals surface area contributed by atoms with E-state index in [1.807, 2.05) is 43.3 Å². The minimum absolute atomic E-state index is 0.185. The van der Waals surface area contributed by atoms with Crippen molar-refractivity contribution in [1.82, 2.24) is 15.0 Å². The van der Waals surface area contributed by atoms with E-state index in [0.29, 0.717) is 25.1 Å². The van der Waals surface area contributed by atoms with Crippen LogP contribution in [-0.2, 0) is 4.74 Å². The Morgan fingerprint density at radius 3 is 2.65 bits per heavy atom. The van der Waals surface area contributed by atoms with Crippen LogP contribution in [-0.4, -0.2) is 55.4 Å². The number of anilines is 4. The molecule has 0 spiro atoms. The lowest BCUT2D eigenvalue weighted by atomic mass is 10.2. The van der Waals surface area contributed by atoms with Crippen LogP contribution >= 0.6 is 11.6 Å². The van der Waals surface area contributed by atoms with E-state index in [0.717, 1.165) is 24.5 Å². The first-order valence-electron chi connectivity index (χ1n) is 7.44. The number of morpholine rings is 1. The van der Waals surface area contributed by atoms with Gasteiger partial charge in [0, 0.05) is 27.2 Å². The van der Waals surface area contributed by atoms with Crippen LogP contribution in [0, 0.1) is 0 Å². The average molecular weight is 335 g/mol. The fraction of sp³-hybridized carbons (Fsp3) is 0.400. The van der Waals surface area contributed by atoms with Gasteiger partial charge in [0.05, 0.1) is 24.6 Å². The highest BCUT2D eigenvalue weighted by Gasteiger charge is 2.18. The maximum atomic E-state index is 6.11. The summed E-state index contributed by atoms with van der Waals surface area (Å²) in [5.41, 5.74) is 1.95. The molecule has 1 aromatic carbocycles. The Labute approximate surface area is 140 Å². The Balaban J connectivity index is 1.94. The second-order valence-corrected chi connectivity index (χ2v) is 5.47. The van der Waals surface area contributed by atoms with Gasteiger partial charge in [0.25, 0.3) is 0 Å². The summed E-state index contributed by atoms with van der Waals surface area (Å²) in [4.78, 5) is 17.0. The van der Waals surface area contributed by atoms with Crippen molar-refractivity contribution in [2.45, 2.75) is 0 Å². The molecule has 1 saturated heterocycles. The van der Waals surface area contributed by atoms with Gasteiger partial charge < -0.3 is 19.9 Å². The van der Waals surface area contributed by atoms with Gasteiger partial charge in [-0.1, -0.05) is 12.1 Å². The van der Waals surface area contributed by atoms with E-state index >= 15 is 0 Å². The molecule has 2 aromatic rings. The molecule has 2 heterocycles. The molecular formula is C15H19ClN6O. The van der Waals surface area contributed by atoms with E-state index in [1.165, 1.54) is 0 Å². The lowest BCUT2D eigenvalue weighted by molar-refractivity contribution is 0.122. The van der Waals surface area contributed by atoms with Crippen LogP contribution in [0.5, 0.6) is 0 Å². The molecule has 3 rings (SSSR count). The third-order valence-electron chi connectivity index (χ3n) is 3.71. The first-order valence-corrected chi connectivity index (χ1v) is 7.81. The highest BCUT2D eigenvalue weighted by atomic mass is 35.5. The van der Waals surface area contributed by atoms with Gasteiger partial charge in [0.1, 0.15) is 0 Å². The maximum absolute atomic E-state index is 6.11. The Kier molecular flexibility index (Phi) is 4.78. The molecule has 0 bridgehead atoms. The molecule has 23 heavy (non-hydrogen) atoms. The van der Waals surface area contributed by atoms with E-state index in [1.54, 1.807) is 0 Å². The summed E-state index contributed by atoms with van der Waals surface area (Å²) in [6.07, 6.45) is 0. The second kappa shape index (κ2) is 6.97. The van der Waals surface area contributed by atoms with Crippen LogP contribution in [0.15, 0.2) is 24.3 Å². The van der Waals surface area contributed by atoms with Gasteiger partial charge in [0.15, 0.2) is 0 Å². The molecular weight excluding hydrogens is 316 g/mol.